The zero-order valence-electron chi connectivity index (χ0n) is 5.36. The summed E-state index contributed by atoms with van der Waals surface area (Å²) in [5, 5.41) is 9.49. The molecule has 5 aliphatic rings. The third-order valence-corrected chi connectivity index (χ3v) is 3.34. The second-order valence-corrected chi connectivity index (χ2v) is 3.78. The minimum absolute atomic E-state index is 0.481. The number of hydrogen-bond donors (Lipinski definition) is 1. The Morgan fingerprint density at radius 1 is 1.09 bits per heavy atom. The van der Waals surface area contributed by atoms with Crippen LogP contribution in [0.3, 0.4) is 0 Å². The molecule has 0 aromatic heterocycles. The standard InChI is InChI=1S/C6H4O5/c7-2-1-3-5(8-3,9-3)6-4(2,10-6)11-6/h2,7H,1H2. The second kappa shape index (κ2) is 0.750. The van der Waals surface area contributed by atoms with Crippen molar-refractivity contribution < 1.29 is 24.1 Å². The molecule has 5 rings (SSSR count). The molecule has 0 aromatic carbocycles. The highest BCUT2D eigenvalue weighted by atomic mass is 17.2. The minimum Gasteiger partial charge on any atom is -0.387 e. The van der Waals surface area contributed by atoms with Crippen LogP contribution in [-0.2, 0) is 18.9 Å². The monoisotopic (exact) mass is 156 g/mol. The van der Waals surface area contributed by atoms with Crippen LogP contribution < -0.4 is 0 Å². The molecule has 1 unspecified atom stereocenters. The summed E-state index contributed by atoms with van der Waals surface area (Å²) in [6.07, 6.45) is -0.102. The van der Waals surface area contributed by atoms with Gasteiger partial charge >= 0.3 is 0 Å². The maximum absolute atomic E-state index is 9.49. The molecule has 0 bridgehead atoms. The van der Waals surface area contributed by atoms with Gasteiger partial charge in [-0.25, -0.2) is 0 Å². The third kappa shape index (κ3) is 0.206. The van der Waals surface area contributed by atoms with Crippen LogP contribution in [0.1, 0.15) is 6.42 Å². The molecular formula is C6H4O5. The van der Waals surface area contributed by atoms with Gasteiger partial charge in [-0.2, -0.15) is 0 Å². The average molecular weight is 156 g/mol. The highest BCUT2D eigenvalue weighted by Gasteiger charge is 3.20. The maximum atomic E-state index is 9.49. The molecule has 4 heterocycles. The molecule has 0 spiro atoms. The molecule has 5 heteroatoms. The predicted molar refractivity (Wildman–Crippen MR) is 25.9 cm³/mol. The van der Waals surface area contributed by atoms with Crippen molar-refractivity contribution in [1.82, 2.24) is 0 Å². The first-order valence-electron chi connectivity index (χ1n) is 3.69. The van der Waals surface area contributed by atoms with Crippen molar-refractivity contribution in [2.45, 2.75) is 35.7 Å². The largest absolute Gasteiger partial charge is 0.387 e. The molecular weight excluding hydrogens is 152 g/mol. The second-order valence-electron chi connectivity index (χ2n) is 3.78. The van der Waals surface area contributed by atoms with E-state index in [1.54, 1.807) is 0 Å². The highest BCUT2D eigenvalue weighted by Crippen LogP contribution is 2.93. The molecule has 1 atom stereocenters. The fourth-order valence-electron chi connectivity index (χ4n) is 2.52. The molecule has 5 nitrogen and oxygen atoms in total. The fourth-order valence-corrected chi connectivity index (χ4v) is 2.52. The summed E-state index contributed by atoms with van der Waals surface area (Å²) in [5.74, 6) is -2.55. The van der Waals surface area contributed by atoms with Crippen LogP contribution in [0.25, 0.3) is 0 Å². The molecule has 5 fully saturated rings. The van der Waals surface area contributed by atoms with Crippen LogP contribution in [-0.4, -0.2) is 34.4 Å². The first-order chi connectivity index (χ1) is 5.21. The molecule has 0 amide bonds. The third-order valence-electron chi connectivity index (χ3n) is 3.34. The number of rotatable bonds is 0. The Labute approximate surface area is 60.8 Å². The molecule has 11 heavy (non-hydrogen) atoms. The molecule has 1 saturated carbocycles. The van der Waals surface area contributed by atoms with Gasteiger partial charge in [0.05, 0.1) is 0 Å². The van der Waals surface area contributed by atoms with Gasteiger partial charge in [-0.1, -0.05) is 0 Å². The van der Waals surface area contributed by atoms with Crippen LogP contribution in [0.15, 0.2) is 0 Å². The van der Waals surface area contributed by atoms with Crippen LogP contribution in [0.2, 0.25) is 0 Å². The topological polar surface area (TPSA) is 70.3 Å². The Kier molecular flexibility index (Phi) is 0.323. The van der Waals surface area contributed by atoms with Crippen molar-refractivity contribution in [3.8, 4) is 0 Å². The van der Waals surface area contributed by atoms with E-state index in [9.17, 15) is 5.11 Å². The Balaban J connectivity index is 1.82. The SMILES string of the molecule is OC1CC23OC2(O3)C23OC12O3. The van der Waals surface area contributed by atoms with Crippen LogP contribution in [0.5, 0.6) is 0 Å². The van der Waals surface area contributed by atoms with E-state index in [0.717, 1.165) is 0 Å². The molecule has 0 radical (unpaired) electrons. The first kappa shape index (κ1) is 4.74. The van der Waals surface area contributed by atoms with Crippen molar-refractivity contribution in [3.05, 3.63) is 0 Å². The molecule has 1 aliphatic carbocycles. The van der Waals surface area contributed by atoms with E-state index in [1.807, 2.05) is 0 Å². The zero-order valence-corrected chi connectivity index (χ0v) is 5.36. The lowest BCUT2D eigenvalue weighted by molar-refractivity contribution is -0.222. The summed E-state index contributed by atoms with van der Waals surface area (Å²) in [7, 11) is 0. The van der Waals surface area contributed by atoms with Gasteiger partial charge in [0.15, 0.2) is 0 Å². The normalized spacial score (nSPS) is 90.8. The van der Waals surface area contributed by atoms with E-state index >= 15 is 0 Å². The smallest absolute Gasteiger partial charge is 0.294 e. The highest BCUT2D eigenvalue weighted by molar-refractivity contribution is 5.46. The Morgan fingerprint density at radius 2 is 1.82 bits per heavy atom. The quantitative estimate of drug-likeness (QED) is 0.439. The molecule has 4 aliphatic heterocycles. The average Bonchev–Trinajstić information content (AvgIpc) is 2.53. The van der Waals surface area contributed by atoms with Gasteiger partial charge in [0.1, 0.15) is 6.10 Å². The van der Waals surface area contributed by atoms with E-state index < -0.39 is 29.3 Å². The number of hydrogen-bond acceptors (Lipinski definition) is 5. The van der Waals surface area contributed by atoms with E-state index in [2.05, 4.69) is 0 Å². The van der Waals surface area contributed by atoms with Crippen molar-refractivity contribution in [2.75, 3.05) is 0 Å². The van der Waals surface area contributed by atoms with Gasteiger partial charge in [0.25, 0.3) is 17.4 Å². The van der Waals surface area contributed by atoms with Crippen molar-refractivity contribution in [1.29, 1.82) is 0 Å². The van der Waals surface area contributed by atoms with Gasteiger partial charge in [-0.15, -0.1) is 0 Å². The van der Waals surface area contributed by atoms with Crippen molar-refractivity contribution >= 4 is 0 Å². The molecule has 1 N–H and O–H groups in total. The number of aliphatic hydroxyl groups excluding tert-OH is 1. The number of epoxide rings is 4. The summed E-state index contributed by atoms with van der Waals surface area (Å²) >= 11 is 0. The predicted octanol–water partition coefficient (Wildman–Crippen LogP) is -1.34. The molecule has 58 valence electrons. The van der Waals surface area contributed by atoms with Crippen LogP contribution >= 0.6 is 0 Å². The Morgan fingerprint density at radius 3 is 2.55 bits per heavy atom. The van der Waals surface area contributed by atoms with Gasteiger partial charge < -0.3 is 14.6 Å². The zero-order chi connectivity index (χ0) is 7.11. The van der Waals surface area contributed by atoms with E-state index in [4.69, 9.17) is 18.9 Å². The summed E-state index contributed by atoms with van der Waals surface area (Å²) in [6, 6.07) is 0. The summed E-state index contributed by atoms with van der Waals surface area (Å²) < 4.78 is 21.0. The van der Waals surface area contributed by atoms with Crippen LogP contribution in [0.4, 0.5) is 0 Å². The summed E-state index contributed by atoms with van der Waals surface area (Å²) in [5.41, 5.74) is 0. The van der Waals surface area contributed by atoms with Gasteiger partial charge in [0, 0.05) is 6.42 Å². The lowest BCUT2D eigenvalue weighted by Crippen LogP contribution is -2.27. The lowest BCUT2D eigenvalue weighted by atomic mass is 9.98. The maximum Gasteiger partial charge on any atom is 0.294 e. The Bertz CT molecular complexity index is 311. The van der Waals surface area contributed by atoms with Crippen LogP contribution in [0, 0.1) is 0 Å². The number of aliphatic hydroxyl groups is 1. The Hall–Kier alpha value is -0.200. The fraction of sp³-hybridized carbons (Fsp3) is 1.00. The van der Waals surface area contributed by atoms with Gasteiger partial charge in [-0.05, 0) is 0 Å². The van der Waals surface area contributed by atoms with Gasteiger partial charge in [0.2, 0.25) is 5.79 Å². The van der Waals surface area contributed by atoms with Crippen molar-refractivity contribution in [3.63, 3.8) is 0 Å². The minimum atomic E-state index is -0.733. The van der Waals surface area contributed by atoms with Crippen molar-refractivity contribution in [2.24, 2.45) is 0 Å². The number of ether oxygens (including phenoxy) is 4. The van der Waals surface area contributed by atoms with Gasteiger partial charge in [-0.3, -0.25) is 9.47 Å². The molecule has 4 saturated heterocycles. The lowest BCUT2D eigenvalue weighted by Gasteiger charge is -2.09. The van der Waals surface area contributed by atoms with E-state index in [0.29, 0.717) is 6.42 Å². The van der Waals surface area contributed by atoms with E-state index in [-0.39, 0.29) is 0 Å². The first-order valence-corrected chi connectivity index (χ1v) is 3.69. The summed E-state index contributed by atoms with van der Waals surface area (Å²) in [6.45, 7) is 0. The molecule has 0 aromatic rings. The summed E-state index contributed by atoms with van der Waals surface area (Å²) in [4.78, 5) is 0. The van der Waals surface area contributed by atoms with E-state index in [1.165, 1.54) is 0 Å².